The van der Waals surface area contributed by atoms with Crippen molar-refractivity contribution in [1.82, 2.24) is 29.2 Å². The number of fused-ring (bicyclic) bond motifs is 2. The average molecular weight is 505 g/mol. The highest BCUT2D eigenvalue weighted by Gasteiger charge is 2.28. The molecule has 0 aliphatic carbocycles. The van der Waals surface area contributed by atoms with E-state index < -0.39 is 5.60 Å². The number of aryl methyl sites for hydroxylation is 2. The molecule has 194 valence electrons. The first-order chi connectivity index (χ1) is 17.6. The Morgan fingerprint density at radius 3 is 2.57 bits per heavy atom. The molecule has 1 aliphatic rings. The van der Waals surface area contributed by atoms with Gasteiger partial charge in [0.2, 0.25) is 0 Å². The molecule has 1 saturated heterocycles. The first-order valence-corrected chi connectivity index (χ1v) is 12.4. The molecule has 1 fully saturated rings. The molecule has 1 aliphatic heterocycles. The molecule has 10 nitrogen and oxygen atoms in total. The molecule has 0 N–H and O–H groups in total. The van der Waals surface area contributed by atoms with Crippen LogP contribution in [0.25, 0.3) is 33.2 Å². The van der Waals surface area contributed by atoms with Gasteiger partial charge in [-0.15, -0.1) is 0 Å². The van der Waals surface area contributed by atoms with Crippen LogP contribution in [0.4, 0.5) is 4.79 Å². The van der Waals surface area contributed by atoms with Crippen molar-refractivity contribution in [1.29, 1.82) is 0 Å². The van der Waals surface area contributed by atoms with Gasteiger partial charge in [0.25, 0.3) is 5.56 Å². The van der Waals surface area contributed by atoms with E-state index in [1.54, 1.807) is 33.7 Å². The largest absolute Gasteiger partial charge is 0.496 e. The molecule has 1 amide bonds. The minimum absolute atomic E-state index is 0.0431. The number of benzene rings is 1. The molecule has 0 atom stereocenters. The van der Waals surface area contributed by atoms with Gasteiger partial charge in [-0.3, -0.25) is 14.0 Å². The number of carbonyl (C=O) groups excluding carboxylic acids is 1. The van der Waals surface area contributed by atoms with E-state index in [0.29, 0.717) is 48.4 Å². The number of carbonyl (C=O) groups is 1. The molecular formula is C27H32N6O4. The molecule has 3 aromatic heterocycles. The lowest BCUT2D eigenvalue weighted by Gasteiger charge is -2.34. The maximum atomic E-state index is 13.4. The Bertz CT molecular complexity index is 1560. The van der Waals surface area contributed by atoms with Crippen LogP contribution in [0.3, 0.4) is 0 Å². The summed E-state index contributed by atoms with van der Waals surface area (Å²) in [4.78, 5) is 36.7. The maximum absolute atomic E-state index is 13.4. The zero-order valence-electron chi connectivity index (χ0n) is 22.1. The average Bonchev–Trinajstić information content (AvgIpc) is 3.24. The van der Waals surface area contributed by atoms with Gasteiger partial charge in [0.15, 0.2) is 5.65 Å². The molecule has 1 aromatic carbocycles. The van der Waals surface area contributed by atoms with Crippen LogP contribution in [-0.2, 0) is 11.8 Å². The Kier molecular flexibility index (Phi) is 6.13. The summed E-state index contributed by atoms with van der Waals surface area (Å²) >= 11 is 0. The van der Waals surface area contributed by atoms with Gasteiger partial charge in [-0.25, -0.2) is 14.8 Å². The number of piperidine rings is 1. The van der Waals surface area contributed by atoms with E-state index in [2.05, 4.69) is 10.1 Å². The Morgan fingerprint density at radius 1 is 1.16 bits per heavy atom. The Hall–Kier alpha value is -3.95. The van der Waals surface area contributed by atoms with E-state index in [-0.39, 0.29) is 17.7 Å². The minimum Gasteiger partial charge on any atom is -0.496 e. The van der Waals surface area contributed by atoms with Crippen molar-refractivity contribution in [2.24, 2.45) is 7.05 Å². The van der Waals surface area contributed by atoms with Gasteiger partial charge >= 0.3 is 6.09 Å². The Labute approximate surface area is 214 Å². The summed E-state index contributed by atoms with van der Waals surface area (Å²) in [7, 11) is 3.52. The van der Waals surface area contributed by atoms with Crippen LogP contribution < -0.4 is 10.3 Å². The van der Waals surface area contributed by atoms with E-state index >= 15 is 0 Å². The molecule has 4 aromatic rings. The zero-order valence-corrected chi connectivity index (χ0v) is 22.1. The molecule has 0 saturated carbocycles. The quantitative estimate of drug-likeness (QED) is 0.411. The number of rotatable bonds is 3. The van der Waals surface area contributed by atoms with Gasteiger partial charge in [0.05, 0.1) is 23.7 Å². The Morgan fingerprint density at radius 2 is 1.89 bits per heavy atom. The van der Waals surface area contributed by atoms with Crippen molar-refractivity contribution in [3.8, 4) is 17.0 Å². The second-order valence-corrected chi connectivity index (χ2v) is 10.5. The lowest BCUT2D eigenvalue weighted by atomic mass is 10.0. The van der Waals surface area contributed by atoms with Crippen molar-refractivity contribution >= 4 is 28.0 Å². The van der Waals surface area contributed by atoms with Crippen molar-refractivity contribution in [2.75, 3.05) is 20.2 Å². The molecule has 10 heteroatoms. The van der Waals surface area contributed by atoms with Crippen LogP contribution in [0.2, 0.25) is 0 Å². The third kappa shape index (κ3) is 4.63. The highest BCUT2D eigenvalue weighted by atomic mass is 16.6. The first-order valence-electron chi connectivity index (χ1n) is 12.4. The topological polar surface area (TPSA) is 104 Å². The Balaban J connectivity index is 1.43. The van der Waals surface area contributed by atoms with Gasteiger partial charge in [-0.05, 0) is 58.7 Å². The number of hydrogen-bond donors (Lipinski definition) is 0. The summed E-state index contributed by atoms with van der Waals surface area (Å²) in [6.07, 6.45) is 4.51. The highest BCUT2D eigenvalue weighted by molar-refractivity contribution is 5.91. The van der Waals surface area contributed by atoms with Crippen LogP contribution in [0.15, 0.2) is 35.5 Å². The number of nitrogens with zero attached hydrogens (tertiary/aromatic N) is 6. The summed E-state index contributed by atoms with van der Waals surface area (Å²) in [5.74, 6) is 0.697. The molecule has 0 spiro atoms. The number of likely N-dealkylation sites (tertiary alicyclic amines) is 1. The van der Waals surface area contributed by atoms with E-state index in [1.165, 1.54) is 0 Å². The van der Waals surface area contributed by atoms with E-state index in [9.17, 15) is 9.59 Å². The number of amides is 1. The number of ether oxygens (including phenoxy) is 2. The number of pyridine rings is 1. The van der Waals surface area contributed by atoms with E-state index in [4.69, 9.17) is 14.5 Å². The second kappa shape index (κ2) is 9.17. The van der Waals surface area contributed by atoms with E-state index in [1.807, 2.05) is 53.1 Å². The van der Waals surface area contributed by atoms with Crippen molar-refractivity contribution < 1.29 is 14.3 Å². The van der Waals surface area contributed by atoms with Crippen molar-refractivity contribution in [2.45, 2.75) is 52.2 Å². The van der Waals surface area contributed by atoms with Crippen molar-refractivity contribution in [3.05, 3.63) is 46.6 Å². The highest BCUT2D eigenvalue weighted by Crippen LogP contribution is 2.37. The summed E-state index contributed by atoms with van der Waals surface area (Å²) in [5, 5.41) is 5.97. The number of methoxy groups -OCH3 is 1. The molecule has 37 heavy (non-hydrogen) atoms. The van der Waals surface area contributed by atoms with Gasteiger partial charge < -0.3 is 14.4 Å². The molecular weight excluding hydrogens is 472 g/mol. The monoisotopic (exact) mass is 504 g/mol. The summed E-state index contributed by atoms with van der Waals surface area (Å²) in [6, 6.07) is 5.57. The van der Waals surface area contributed by atoms with Crippen LogP contribution >= 0.6 is 0 Å². The zero-order chi connectivity index (χ0) is 26.5. The van der Waals surface area contributed by atoms with Gasteiger partial charge in [-0.2, -0.15) is 5.10 Å². The standard InChI is InChI=1S/C27H32N6O4/c1-16-22-17(14-31(5)30-22)13-20(23(16)36-6)21-8-7-19-24(29-21)28-15-33(25(19)34)18-9-11-32(12-10-18)26(35)37-27(2,3)4/h7-8,13-15,18H,9-12H2,1-6H3. The van der Waals surface area contributed by atoms with Gasteiger partial charge in [-0.1, -0.05) is 0 Å². The van der Waals surface area contributed by atoms with Gasteiger partial charge in [0, 0.05) is 48.9 Å². The van der Waals surface area contributed by atoms with E-state index in [0.717, 1.165) is 22.0 Å². The fraction of sp³-hybridized carbons (Fsp3) is 0.444. The summed E-state index contributed by atoms with van der Waals surface area (Å²) in [6.45, 7) is 8.59. The lowest BCUT2D eigenvalue weighted by molar-refractivity contribution is 0.0187. The van der Waals surface area contributed by atoms with Crippen LogP contribution in [0, 0.1) is 6.92 Å². The fourth-order valence-electron chi connectivity index (χ4n) is 4.97. The minimum atomic E-state index is -0.536. The fourth-order valence-corrected chi connectivity index (χ4v) is 4.97. The second-order valence-electron chi connectivity index (χ2n) is 10.5. The number of hydrogen-bond acceptors (Lipinski definition) is 7. The SMILES string of the molecule is COc1c(-c2ccc3c(=O)n(C4CCN(C(=O)OC(C)(C)C)CC4)cnc3n2)cc2cn(C)nc2c1C. The maximum Gasteiger partial charge on any atom is 0.410 e. The van der Waals surface area contributed by atoms with Crippen LogP contribution in [0.1, 0.15) is 45.2 Å². The molecule has 4 heterocycles. The third-order valence-electron chi connectivity index (χ3n) is 6.73. The predicted octanol–water partition coefficient (Wildman–Crippen LogP) is 4.23. The smallest absolute Gasteiger partial charge is 0.410 e. The van der Waals surface area contributed by atoms with Crippen LogP contribution in [0.5, 0.6) is 5.75 Å². The number of aromatic nitrogens is 5. The molecule has 0 unspecified atom stereocenters. The lowest BCUT2D eigenvalue weighted by Crippen LogP contribution is -2.43. The van der Waals surface area contributed by atoms with Crippen LogP contribution in [-0.4, -0.2) is 61.1 Å². The van der Waals surface area contributed by atoms with Crippen molar-refractivity contribution in [3.63, 3.8) is 0 Å². The predicted molar refractivity (Wildman–Crippen MR) is 141 cm³/mol. The molecule has 0 radical (unpaired) electrons. The summed E-state index contributed by atoms with van der Waals surface area (Å²) in [5.41, 5.74) is 3.02. The molecule has 0 bridgehead atoms. The third-order valence-corrected chi connectivity index (χ3v) is 6.73. The normalized spacial score (nSPS) is 14.9. The van der Waals surface area contributed by atoms with Gasteiger partial charge in [0.1, 0.15) is 17.7 Å². The first kappa shape index (κ1) is 24.7. The molecule has 5 rings (SSSR count). The summed E-state index contributed by atoms with van der Waals surface area (Å²) < 4.78 is 14.6.